The maximum Gasteiger partial charge on any atom is 0.329 e. The summed E-state index contributed by atoms with van der Waals surface area (Å²) < 4.78 is 29.9. The number of aliphatic hydroxyl groups is 3. The van der Waals surface area contributed by atoms with E-state index in [0.29, 0.717) is 62.7 Å². The van der Waals surface area contributed by atoms with Crippen LogP contribution in [0.15, 0.2) is 41.1 Å². The maximum atomic E-state index is 14.4. The van der Waals surface area contributed by atoms with Crippen LogP contribution in [0.2, 0.25) is 0 Å². The van der Waals surface area contributed by atoms with E-state index in [0.717, 1.165) is 5.57 Å². The van der Waals surface area contributed by atoms with Crippen molar-refractivity contribution in [2.24, 2.45) is 40.5 Å². The highest BCUT2D eigenvalue weighted by Gasteiger charge is 2.56. The minimum Gasteiger partial charge on any atom is -0.456 e. The molecule has 4 rings (SSSR count). The van der Waals surface area contributed by atoms with Gasteiger partial charge in [-0.1, -0.05) is 44.6 Å². The summed E-state index contributed by atoms with van der Waals surface area (Å²) in [6, 6.07) is -1.12. The molecule has 3 heterocycles. The molecule has 14 heteroatoms. The van der Waals surface area contributed by atoms with E-state index in [1.807, 2.05) is 19.9 Å². The molecule has 2 saturated heterocycles. The van der Waals surface area contributed by atoms with E-state index < -0.39 is 77.9 Å². The average molecular weight is 818 g/mol. The lowest BCUT2D eigenvalue weighted by Gasteiger charge is -2.47. The predicted molar refractivity (Wildman–Crippen MR) is 219 cm³/mol. The number of hydrogen-bond donors (Lipinski definition) is 4. The molecule has 4 aliphatic rings. The quantitative estimate of drug-likeness (QED) is 0.0931. The molecule has 0 aromatic carbocycles. The Labute approximate surface area is 345 Å². The lowest BCUT2D eigenvalue weighted by atomic mass is 9.81. The second-order valence-corrected chi connectivity index (χ2v) is 17.4. The third kappa shape index (κ3) is 11.2. The first kappa shape index (κ1) is 47.7. The number of hydrazone groups is 1. The zero-order chi connectivity index (χ0) is 42.9. The second kappa shape index (κ2) is 21.5. The first-order valence-corrected chi connectivity index (χ1v) is 21.2. The van der Waals surface area contributed by atoms with Crippen molar-refractivity contribution in [2.45, 2.75) is 160 Å². The van der Waals surface area contributed by atoms with Crippen molar-refractivity contribution < 1.29 is 53.4 Å². The molecule has 14 atom stereocenters. The van der Waals surface area contributed by atoms with Crippen molar-refractivity contribution in [2.75, 3.05) is 27.9 Å². The van der Waals surface area contributed by atoms with E-state index in [9.17, 15) is 29.7 Å². The van der Waals surface area contributed by atoms with Crippen molar-refractivity contribution in [1.29, 1.82) is 0 Å². The van der Waals surface area contributed by atoms with E-state index in [1.54, 1.807) is 41.3 Å². The van der Waals surface area contributed by atoms with Gasteiger partial charge in [-0.2, -0.15) is 5.10 Å². The zero-order valence-electron chi connectivity index (χ0n) is 36.0. The van der Waals surface area contributed by atoms with Crippen LogP contribution < -0.4 is 5.84 Å². The zero-order valence-corrected chi connectivity index (χ0v) is 36.0. The molecule has 58 heavy (non-hydrogen) atoms. The summed E-state index contributed by atoms with van der Waals surface area (Å²) in [5, 5.41) is 38.6. The van der Waals surface area contributed by atoms with Gasteiger partial charge in [0.2, 0.25) is 5.79 Å². The number of nitrogens with zero attached hydrogens (tertiary/aromatic N) is 2. The molecule has 0 radical (unpaired) electrons. The first-order valence-electron chi connectivity index (χ1n) is 21.2. The number of nitrogens with two attached hydrogens (primary N) is 1. The Morgan fingerprint density at radius 3 is 2.29 bits per heavy atom. The van der Waals surface area contributed by atoms with Crippen molar-refractivity contribution >= 4 is 23.4 Å². The van der Waals surface area contributed by atoms with Crippen LogP contribution in [-0.2, 0) is 38.1 Å². The lowest BCUT2D eigenvalue weighted by Crippen LogP contribution is -2.64. The van der Waals surface area contributed by atoms with Crippen LogP contribution in [0.25, 0.3) is 0 Å². The molecule has 5 N–H and O–H groups in total. The van der Waals surface area contributed by atoms with Gasteiger partial charge in [0, 0.05) is 57.8 Å². The standard InChI is InChI=1S/C44H71N3O11/c1-10-13-31-19-25(2)18-26(3)20-37(55-8)40-38(56-9)22-28(5)44(53,58-40)41(50)42(51)47-17-12-11-14-33(47)43(52)57-39(29(6)35(49)24-32(31)46-45)27(4)21-30-15-16-34(48)36(23-30)54-7/h10,19,21,26,28-31,33-40,48-49,53H,1,11-18,20,22-24,45H2,2-9H3/b25-19+,27-21+,46-32+/t26-,28+,29+,30-,31+,33-,34+,35-,36+,37-,38-,39+,40+,44+/m0/s1. The summed E-state index contributed by atoms with van der Waals surface area (Å²) >= 11 is 0. The number of piperidine rings is 1. The highest BCUT2D eigenvalue weighted by atomic mass is 16.7. The van der Waals surface area contributed by atoms with Gasteiger partial charge in [-0.3, -0.25) is 9.59 Å². The van der Waals surface area contributed by atoms with Crippen LogP contribution in [0.3, 0.4) is 0 Å². The molecule has 328 valence electrons. The summed E-state index contributed by atoms with van der Waals surface area (Å²) in [6.07, 6.45) is 6.17. The Balaban J connectivity index is 1.80. The van der Waals surface area contributed by atoms with E-state index >= 15 is 0 Å². The maximum absolute atomic E-state index is 14.4. The van der Waals surface area contributed by atoms with Gasteiger partial charge < -0.3 is 49.7 Å². The molecule has 1 aliphatic carbocycles. The van der Waals surface area contributed by atoms with E-state index in [1.165, 1.54) is 4.90 Å². The number of ether oxygens (including phenoxy) is 5. The predicted octanol–water partition coefficient (Wildman–Crippen LogP) is 4.38. The minimum atomic E-state index is -2.50. The highest BCUT2D eigenvalue weighted by Crippen LogP contribution is 2.39. The number of hydrogen-bond acceptors (Lipinski definition) is 13. The summed E-state index contributed by atoms with van der Waals surface area (Å²) in [5.41, 5.74) is 2.32. The van der Waals surface area contributed by atoms with Gasteiger partial charge >= 0.3 is 5.97 Å². The Morgan fingerprint density at radius 1 is 0.983 bits per heavy atom. The fourth-order valence-corrected chi connectivity index (χ4v) is 9.59. The summed E-state index contributed by atoms with van der Waals surface area (Å²) in [6.45, 7) is 13.5. The van der Waals surface area contributed by atoms with Gasteiger partial charge in [0.1, 0.15) is 18.2 Å². The SMILES string of the molecule is C=CC[C@@H]1/C=C(\C)C[C@H](C)C[C@H](OC)[C@H]2O[C@@](O)(C(=O)C(=O)N3CCCC[C@H]3C(=O)O[C@H](/C(C)=C/[C@@H]3CC[C@@H](O)[C@H](OC)C3)[C@H](C)[C@@H](O)C/C1=N\N)[C@H](C)C[C@@H]2OC. The topological polar surface area (TPSA) is 200 Å². The first-order chi connectivity index (χ1) is 27.5. The summed E-state index contributed by atoms with van der Waals surface area (Å²) in [5.74, 6) is -1.04. The molecule has 0 spiro atoms. The number of amides is 1. The van der Waals surface area contributed by atoms with Gasteiger partial charge in [0.15, 0.2) is 0 Å². The third-order valence-electron chi connectivity index (χ3n) is 13.1. The number of allylic oxidation sites excluding steroid dienone is 4. The van der Waals surface area contributed by atoms with Crippen LogP contribution in [0.4, 0.5) is 0 Å². The number of cyclic esters (lactones) is 1. The minimum absolute atomic E-state index is 0.0121. The van der Waals surface area contributed by atoms with Gasteiger partial charge in [-0.25, -0.2) is 4.79 Å². The number of rotatable bonds is 7. The molecule has 3 fully saturated rings. The van der Waals surface area contributed by atoms with Gasteiger partial charge in [-0.15, -0.1) is 6.58 Å². The number of Topliss-reactive ketones (excluding diaryl/α,β-unsaturated/α-hetero) is 1. The molecule has 1 amide bonds. The van der Waals surface area contributed by atoms with Crippen LogP contribution in [-0.4, -0.2) is 126 Å². The number of methoxy groups -OCH3 is 3. The molecule has 3 aliphatic heterocycles. The molecular weight excluding hydrogens is 746 g/mol. The van der Waals surface area contributed by atoms with E-state index in [4.69, 9.17) is 29.5 Å². The number of fused-ring (bicyclic) bond motifs is 3. The Kier molecular flexibility index (Phi) is 17.7. The Hall–Kier alpha value is -2.98. The van der Waals surface area contributed by atoms with Crippen LogP contribution in [0.1, 0.15) is 105 Å². The number of ketones is 1. The van der Waals surface area contributed by atoms with Gasteiger partial charge in [0.25, 0.3) is 11.7 Å². The monoisotopic (exact) mass is 818 g/mol. The number of carbonyl (C=O) groups excluding carboxylic acids is 3. The third-order valence-corrected chi connectivity index (χ3v) is 13.1. The fourth-order valence-electron chi connectivity index (χ4n) is 9.59. The largest absolute Gasteiger partial charge is 0.456 e. The van der Waals surface area contributed by atoms with Crippen molar-refractivity contribution in [1.82, 2.24) is 4.90 Å². The molecule has 14 nitrogen and oxygen atoms in total. The molecule has 0 aromatic heterocycles. The van der Waals surface area contributed by atoms with Crippen molar-refractivity contribution in [3.63, 3.8) is 0 Å². The molecule has 0 unspecified atom stereocenters. The van der Waals surface area contributed by atoms with Crippen LogP contribution in [0, 0.1) is 29.6 Å². The Bertz CT molecular complexity index is 1520. The van der Waals surface area contributed by atoms with Crippen LogP contribution >= 0.6 is 0 Å². The Morgan fingerprint density at radius 2 is 1.66 bits per heavy atom. The van der Waals surface area contributed by atoms with Gasteiger partial charge in [-0.05, 0) is 95.5 Å². The molecule has 1 saturated carbocycles. The number of aliphatic hydroxyl groups excluding tert-OH is 2. The molecule has 0 aromatic rings. The van der Waals surface area contributed by atoms with Gasteiger partial charge in [0.05, 0.1) is 30.5 Å². The normalized spacial score (nSPS) is 41.2. The lowest BCUT2D eigenvalue weighted by molar-refractivity contribution is -0.302. The molecular formula is C44H71N3O11. The molecule has 2 bridgehead atoms. The summed E-state index contributed by atoms with van der Waals surface area (Å²) in [7, 11) is 4.66. The van der Waals surface area contributed by atoms with E-state index in [-0.39, 0.29) is 49.7 Å². The second-order valence-electron chi connectivity index (χ2n) is 17.4. The highest BCUT2D eigenvalue weighted by molar-refractivity contribution is 6.39. The fraction of sp³-hybridized carbons (Fsp3) is 0.773. The van der Waals surface area contributed by atoms with Crippen molar-refractivity contribution in [3.05, 3.63) is 36.0 Å². The average Bonchev–Trinajstić information content (AvgIpc) is 3.20. The number of esters is 1. The smallest absolute Gasteiger partial charge is 0.329 e. The van der Waals surface area contributed by atoms with Crippen molar-refractivity contribution in [3.8, 4) is 0 Å². The van der Waals surface area contributed by atoms with E-state index in [2.05, 4.69) is 24.7 Å². The summed E-state index contributed by atoms with van der Waals surface area (Å²) in [4.78, 5) is 44.1. The van der Waals surface area contributed by atoms with Crippen LogP contribution in [0.5, 0.6) is 0 Å². The number of carbonyl (C=O) groups is 3.